The van der Waals surface area contributed by atoms with E-state index in [0.717, 1.165) is 0 Å². The number of nitriles is 1. The zero-order valence-electron chi connectivity index (χ0n) is 13.2. The van der Waals surface area contributed by atoms with Crippen molar-refractivity contribution < 1.29 is 19.4 Å². The van der Waals surface area contributed by atoms with Gasteiger partial charge in [0.2, 0.25) is 0 Å². The molecule has 2 unspecified atom stereocenters. The summed E-state index contributed by atoms with van der Waals surface area (Å²) in [5, 5.41) is 19.9. The molecule has 1 aromatic rings. The monoisotopic (exact) mass is 314 g/mol. The van der Waals surface area contributed by atoms with Gasteiger partial charge in [0.05, 0.1) is 31.3 Å². The second-order valence-corrected chi connectivity index (χ2v) is 6.24. The number of nitrogens with zero attached hydrogens (tertiary/aromatic N) is 2. The molecule has 1 N–H and O–H groups in total. The lowest BCUT2D eigenvalue weighted by Crippen LogP contribution is -2.54. The number of ether oxygens (including phenoxy) is 2. The second kappa shape index (κ2) is 5.28. The third-order valence-corrected chi connectivity index (χ3v) is 4.33. The van der Waals surface area contributed by atoms with Crippen LogP contribution in [0.4, 0.5) is 0 Å². The number of aliphatic hydroxyl groups excluding tert-OH is 1. The molecular weight excluding hydrogens is 296 g/mol. The molecule has 3 rings (SSSR count). The molecule has 0 saturated carbocycles. The first kappa shape index (κ1) is 15.4. The highest BCUT2D eigenvalue weighted by atomic mass is 16.5. The minimum Gasteiger partial charge on any atom is -0.499 e. The van der Waals surface area contributed by atoms with Crippen LogP contribution >= 0.6 is 0 Å². The van der Waals surface area contributed by atoms with Gasteiger partial charge in [0, 0.05) is 11.6 Å². The van der Waals surface area contributed by atoms with Crippen LogP contribution in [0.25, 0.3) is 0 Å². The van der Waals surface area contributed by atoms with Crippen LogP contribution in [0.2, 0.25) is 0 Å². The molecule has 0 spiro atoms. The van der Waals surface area contributed by atoms with Crippen molar-refractivity contribution in [2.24, 2.45) is 0 Å². The number of aliphatic hydroxyl groups is 1. The van der Waals surface area contributed by atoms with E-state index < -0.39 is 17.7 Å². The smallest absolute Gasteiger partial charge is 0.251 e. The maximum absolute atomic E-state index is 12.3. The van der Waals surface area contributed by atoms with Gasteiger partial charge in [0.1, 0.15) is 23.2 Å². The van der Waals surface area contributed by atoms with Crippen molar-refractivity contribution in [3.05, 3.63) is 41.2 Å². The molecule has 120 valence electrons. The molecule has 2 heterocycles. The average Bonchev–Trinajstić information content (AvgIpc) is 2.89. The summed E-state index contributed by atoms with van der Waals surface area (Å²) in [6.07, 6.45) is 0.487. The van der Waals surface area contributed by atoms with Crippen LogP contribution in [0.5, 0.6) is 5.75 Å². The fourth-order valence-corrected chi connectivity index (χ4v) is 3.05. The van der Waals surface area contributed by atoms with E-state index in [-0.39, 0.29) is 12.5 Å². The lowest BCUT2D eigenvalue weighted by Gasteiger charge is -2.45. The summed E-state index contributed by atoms with van der Waals surface area (Å²) in [6.45, 7) is 3.83. The Kier molecular flexibility index (Phi) is 3.53. The number of hydrogen-bond acceptors (Lipinski definition) is 5. The van der Waals surface area contributed by atoms with Crippen molar-refractivity contribution >= 4 is 5.91 Å². The maximum atomic E-state index is 12.3. The van der Waals surface area contributed by atoms with Gasteiger partial charge in [-0.15, -0.1) is 0 Å². The molecule has 0 bridgehead atoms. The maximum Gasteiger partial charge on any atom is 0.251 e. The Morgan fingerprint density at radius 1 is 1.48 bits per heavy atom. The van der Waals surface area contributed by atoms with Crippen LogP contribution in [-0.4, -0.2) is 41.3 Å². The second-order valence-electron chi connectivity index (χ2n) is 6.24. The zero-order valence-corrected chi connectivity index (χ0v) is 13.2. The summed E-state index contributed by atoms with van der Waals surface area (Å²) in [7, 11) is 1.51. The van der Waals surface area contributed by atoms with E-state index >= 15 is 0 Å². The van der Waals surface area contributed by atoms with Gasteiger partial charge in [0.15, 0.2) is 0 Å². The van der Waals surface area contributed by atoms with Gasteiger partial charge in [0.25, 0.3) is 5.91 Å². The van der Waals surface area contributed by atoms with Gasteiger partial charge in [-0.25, -0.2) is 0 Å². The molecule has 2 aliphatic heterocycles. The van der Waals surface area contributed by atoms with Crippen molar-refractivity contribution in [2.75, 3.05) is 13.7 Å². The van der Waals surface area contributed by atoms with E-state index in [4.69, 9.17) is 14.7 Å². The number of benzene rings is 1. The van der Waals surface area contributed by atoms with Gasteiger partial charge in [-0.1, -0.05) is 0 Å². The van der Waals surface area contributed by atoms with E-state index in [1.807, 2.05) is 0 Å². The molecule has 2 atom stereocenters. The summed E-state index contributed by atoms with van der Waals surface area (Å²) in [6, 6.07) is 6.51. The molecule has 1 amide bonds. The number of carbonyl (C=O) groups is 1. The molecule has 6 heteroatoms. The van der Waals surface area contributed by atoms with Crippen molar-refractivity contribution in [3.63, 3.8) is 0 Å². The third kappa shape index (κ3) is 2.43. The molecule has 2 aliphatic rings. The van der Waals surface area contributed by atoms with Gasteiger partial charge >= 0.3 is 0 Å². The van der Waals surface area contributed by atoms with Crippen LogP contribution in [0, 0.1) is 11.3 Å². The number of methoxy groups -OCH3 is 1. The molecule has 0 aliphatic carbocycles. The number of carbonyl (C=O) groups excluding carboxylic acids is 1. The zero-order chi connectivity index (χ0) is 16.8. The Hall–Kier alpha value is -2.52. The highest BCUT2D eigenvalue weighted by molar-refractivity contribution is 5.91. The summed E-state index contributed by atoms with van der Waals surface area (Å²) in [5.74, 6) is 0.893. The number of hydrogen-bond donors (Lipinski definition) is 1. The third-order valence-electron chi connectivity index (χ3n) is 4.33. The Morgan fingerprint density at radius 2 is 2.22 bits per heavy atom. The minimum absolute atomic E-state index is 0.225. The first-order valence-electron chi connectivity index (χ1n) is 7.33. The van der Waals surface area contributed by atoms with Crippen molar-refractivity contribution in [1.29, 1.82) is 5.26 Å². The number of fused-ring (bicyclic) bond motifs is 1. The first-order valence-corrected chi connectivity index (χ1v) is 7.33. The number of rotatable bonds is 2. The summed E-state index contributed by atoms with van der Waals surface area (Å²) in [4.78, 5) is 13.9. The Balaban J connectivity index is 2.08. The Labute approximate surface area is 134 Å². The molecule has 6 nitrogen and oxygen atoms in total. The van der Waals surface area contributed by atoms with Crippen LogP contribution in [0.15, 0.2) is 30.0 Å². The molecule has 0 radical (unpaired) electrons. The molecule has 0 saturated heterocycles. The molecule has 0 fully saturated rings. The predicted molar refractivity (Wildman–Crippen MR) is 81.4 cm³/mol. The van der Waals surface area contributed by atoms with Crippen molar-refractivity contribution in [2.45, 2.75) is 31.6 Å². The standard InChI is InChI=1S/C17H18N2O4/c1-17(2)16(21)15(19-9-11(22-3)7-14(19)20)12-6-10(8-18)4-5-13(12)23-17/h4-7,15-16,21H,9H2,1-3H3. The molecule has 23 heavy (non-hydrogen) atoms. The fraction of sp³-hybridized carbons (Fsp3) is 0.412. The fourth-order valence-electron chi connectivity index (χ4n) is 3.05. The highest BCUT2D eigenvalue weighted by Crippen LogP contribution is 2.44. The largest absolute Gasteiger partial charge is 0.499 e. The highest BCUT2D eigenvalue weighted by Gasteiger charge is 2.47. The van der Waals surface area contributed by atoms with Crippen LogP contribution in [0.3, 0.4) is 0 Å². The van der Waals surface area contributed by atoms with E-state index in [1.165, 1.54) is 13.2 Å². The van der Waals surface area contributed by atoms with Crippen molar-refractivity contribution in [1.82, 2.24) is 4.90 Å². The normalized spacial score (nSPS) is 25.3. The van der Waals surface area contributed by atoms with Gasteiger partial charge in [-0.3, -0.25) is 4.79 Å². The molecular formula is C17H18N2O4. The molecule has 0 aromatic heterocycles. The lowest BCUT2D eigenvalue weighted by atomic mass is 9.85. The summed E-state index contributed by atoms with van der Waals surface area (Å²) < 4.78 is 11.0. The first-order chi connectivity index (χ1) is 10.9. The number of amides is 1. The van der Waals surface area contributed by atoms with E-state index in [1.54, 1.807) is 36.9 Å². The van der Waals surface area contributed by atoms with Crippen LogP contribution in [-0.2, 0) is 9.53 Å². The van der Waals surface area contributed by atoms with E-state index in [9.17, 15) is 9.90 Å². The van der Waals surface area contributed by atoms with E-state index in [0.29, 0.717) is 22.6 Å². The Bertz CT molecular complexity index is 733. The van der Waals surface area contributed by atoms with Gasteiger partial charge in [-0.05, 0) is 32.0 Å². The predicted octanol–water partition coefficient (Wildman–Crippen LogP) is 1.50. The van der Waals surface area contributed by atoms with Crippen molar-refractivity contribution in [3.8, 4) is 11.8 Å². The topological polar surface area (TPSA) is 82.8 Å². The van der Waals surface area contributed by atoms with Crippen LogP contribution < -0.4 is 4.74 Å². The summed E-state index contributed by atoms with van der Waals surface area (Å²) in [5.41, 5.74) is 0.230. The SMILES string of the molecule is COC1=CC(=O)N(C2c3cc(C#N)ccc3OC(C)(C)C2O)C1. The van der Waals surface area contributed by atoms with Gasteiger partial charge < -0.3 is 19.5 Å². The minimum atomic E-state index is -0.933. The Morgan fingerprint density at radius 3 is 2.83 bits per heavy atom. The average molecular weight is 314 g/mol. The quantitative estimate of drug-likeness (QED) is 0.894. The molecule has 1 aromatic carbocycles. The van der Waals surface area contributed by atoms with Crippen LogP contribution in [0.1, 0.15) is 31.0 Å². The summed E-state index contributed by atoms with van der Waals surface area (Å²) >= 11 is 0. The van der Waals surface area contributed by atoms with Gasteiger partial charge in [-0.2, -0.15) is 5.26 Å². The van der Waals surface area contributed by atoms with E-state index in [2.05, 4.69) is 6.07 Å². The lowest BCUT2D eigenvalue weighted by molar-refractivity contribution is -0.137.